The fraction of sp³-hybridized carbons (Fsp3) is 0.0769. The van der Waals surface area contributed by atoms with Crippen LogP contribution in [-0.4, -0.2) is 15.9 Å². The summed E-state index contributed by atoms with van der Waals surface area (Å²) in [6, 6.07) is 6.91. The monoisotopic (exact) mass is 256 g/mol. The minimum atomic E-state index is -0.286. The number of nitrogens with two attached hydrogens (primary N) is 1. The minimum absolute atomic E-state index is 0.257. The molecule has 0 saturated carbocycles. The molecule has 0 spiro atoms. The van der Waals surface area contributed by atoms with Crippen molar-refractivity contribution in [2.24, 2.45) is 0 Å². The van der Waals surface area contributed by atoms with Gasteiger partial charge in [0, 0.05) is 23.5 Å². The molecule has 3 aromatic rings. The van der Waals surface area contributed by atoms with Crippen LogP contribution in [0.4, 0.5) is 5.69 Å². The van der Waals surface area contributed by atoms with Crippen LogP contribution in [-0.2, 0) is 6.54 Å². The molecule has 2 aromatic heterocycles. The van der Waals surface area contributed by atoms with Crippen LogP contribution in [0, 0.1) is 0 Å². The van der Waals surface area contributed by atoms with Gasteiger partial charge in [0.15, 0.2) is 5.76 Å². The molecule has 0 radical (unpaired) electrons. The second-order valence-electron chi connectivity index (χ2n) is 4.13. The van der Waals surface area contributed by atoms with E-state index >= 15 is 0 Å². The number of nitrogen functional groups attached to an aromatic ring is 1. The molecule has 0 atom stereocenters. The number of H-pyrrole nitrogens is 1. The first-order chi connectivity index (χ1) is 9.22. The van der Waals surface area contributed by atoms with Crippen molar-refractivity contribution in [2.45, 2.75) is 6.54 Å². The zero-order chi connectivity index (χ0) is 13.2. The van der Waals surface area contributed by atoms with E-state index < -0.39 is 0 Å². The summed E-state index contributed by atoms with van der Waals surface area (Å²) < 4.78 is 5.46. The fourth-order valence-corrected chi connectivity index (χ4v) is 1.82. The van der Waals surface area contributed by atoms with Gasteiger partial charge < -0.3 is 20.5 Å². The Bertz CT molecular complexity index is 715. The number of aromatic nitrogens is 2. The summed E-state index contributed by atoms with van der Waals surface area (Å²) >= 11 is 0. The quantitative estimate of drug-likeness (QED) is 0.621. The molecule has 4 N–H and O–H groups in total. The first kappa shape index (κ1) is 11.3. The Labute approximate surface area is 108 Å². The number of hydrogen-bond acceptors (Lipinski definition) is 4. The highest BCUT2D eigenvalue weighted by molar-refractivity contribution is 5.96. The van der Waals surface area contributed by atoms with Crippen molar-refractivity contribution in [2.75, 3.05) is 5.73 Å². The number of amides is 1. The Balaban J connectivity index is 1.77. The number of carbonyl (C=O) groups is 1. The van der Waals surface area contributed by atoms with Crippen LogP contribution in [0.25, 0.3) is 11.0 Å². The normalized spacial score (nSPS) is 10.7. The topological polar surface area (TPSA) is 96.9 Å². The van der Waals surface area contributed by atoms with Crippen molar-refractivity contribution in [3.8, 4) is 0 Å². The summed E-state index contributed by atoms with van der Waals surface area (Å²) in [5, 5.41) is 3.53. The molecule has 1 amide bonds. The summed E-state index contributed by atoms with van der Waals surface area (Å²) in [6.07, 6.45) is 3.33. The first-order valence-corrected chi connectivity index (χ1v) is 5.78. The number of imidazole rings is 1. The molecule has 6 nitrogen and oxygen atoms in total. The lowest BCUT2D eigenvalue weighted by molar-refractivity contribution is 0.0924. The Morgan fingerprint density at radius 2 is 2.32 bits per heavy atom. The smallest absolute Gasteiger partial charge is 0.287 e. The molecule has 6 heteroatoms. The van der Waals surface area contributed by atoms with Crippen LogP contribution in [0.3, 0.4) is 0 Å². The molecule has 19 heavy (non-hydrogen) atoms. The number of benzene rings is 1. The number of hydrogen-bond donors (Lipinski definition) is 3. The van der Waals surface area contributed by atoms with Crippen molar-refractivity contribution in [1.82, 2.24) is 15.3 Å². The number of carbonyl (C=O) groups excluding carboxylic acids is 1. The van der Waals surface area contributed by atoms with Crippen LogP contribution in [0.15, 0.2) is 41.1 Å². The maximum atomic E-state index is 11.9. The molecular weight excluding hydrogens is 244 g/mol. The van der Waals surface area contributed by atoms with Crippen molar-refractivity contribution in [1.29, 1.82) is 0 Å². The zero-order valence-electron chi connectivity index (χ0n) is 10.0. The van der Waals surface area contributed by atoms with E-state index in [-0.39, 0.29) is 11.7 Å². The lowest BCUT2D eigenvalue weighted by Gasteiger charge is -1.99. The summed E-state index contributed by atoms with van der Waals surface area (Å²) in [5.74, 6) is 0.659. The van der Waals surface area contributed by atoms with Gasteiger partial charge in [-0.1, -0.05) is 0 Å². The van der Waals surface area contributed by atoms with E-state index in [0.717, 1.165) is 5.39 Å². The summed E-state index contributed by atoms with van der Waals surface area (Å²) in [7, 11) is 0. The Kier molecular flexibility index (Phi) is 2.68. The second-order valence-corrected chi connectivity index (χ2v) is 4.13. The molecule has 0 aliphatic rings. The van der Waals surface area contributed by atoms with E-state index in [0.29, 0.717) is 23.6 Å². The lowest BCUT2D eigenvalue weighted by Crippen LogP contribution is -2.22. The number of nitrogens with zero attached hydrogens (tertiary/aromatic N) is 1. The van der Waals surface area contributed by atoms with E-state index in [4.69, 9.17) is 10.2 Å². The van der Waals surface area contributed by atoms with Crippen LogP contribution in [0.1, 0.15) is 16.4 Å². The van der Waals surface area contributed by atoms with E-state index in [1.807, 2.05) is 0 Å². The molecule has 96 valence electrons. The zero-order valence-corrected chi connectivity index (χ0v) is 10.0. The fourth-order valence-electron chi connectivity index (χ4n) is 1.82. The third kappa shape index (κ3) is 2.28. The molecule has 0 unspecified atom stereocenters. The third-order valence-electron chi connectivity index (χ3n) is 2.74. The molecule has 0 aliphatic carbocycles. The average Bonchev–Trinajstić information content (AvgIpc) is 3.04. The first-order valence-electron chi connectivity index (χ1n) is 5.78. The molecule has 0 fully saturated rings. The van der Waals surface area contributed by atoms with Gasteiger partial charge in [0.1, 0.15) is 11.4 Å². The van der Waals surface area contributed by atoms with Crippen LogP contribution in [0.5, 0.6) is 0 Å². The number of nitrogens with one attached hydrogen (secondary N) is 2. The molecule has 2 heterocycles. The van der Waals surface area contributed by atoms with Gasteiger partial charge in [-0.25, -0.2) is 4.98 Å². The minimum Gasteiger partial charge on any atom is -0.451 e. The van der Waals surface area contributed by atoms with E-state index in [9.17, 15) is 4.79 Å². The highest BCUT2D eigenvalue weighted by atomic mass is 16.3. The van der Waals surface area contributed by atoms with Gasteiger partial charge in [-0.05, 0) is 24.3 Å². The number of anilines is 1. The SMILES string of the molecule is Nc1ccc2oc(C(=O)NCc3ncc[nH]3)cc2c1. The Morgan fingerprint density at radius 1 is 1.42 bits per heavy atom. The molecular formula is C13H12N4O2. The largest absolute Gasteiger partial charge is 0.451 e. The highest BCUT2D eigenvalue weighted by Gasteiger charge is 2.12. The van der Waals surface area contributed by atoms with Crippen molar-refractivity contribution in [3.05, 3.63) is 48.2 Å². The standard InChI is InChI=1S/C13H12N4O2/c14-9-1-2-10-8(5-9)6-11(19-10)13(18)17-7-12-15-3-4-16-12/h1-6H,7,14H2,(H,15,16)(H,17,18). The van der Waals surface area contributed by atoms with Crippen molar-refractivity contribution < 1.29 is 9.21 Å². The van der Waals surface area contributed by atoms with Gasteiger partial charge in [-0.3, -0.25) is 4.79 Å². The molecule has 0 aliphatic heterocycles. The van der Waals surface area contributed by atoms with Gasteiger partial charge >= 0.3 is 0 Å². The van der Waals surface area contributed by atoms with Crippen LogP contribution >= 0.6 is 0 Å². The Morgan fingerprint density at radius 3 is 3.11 bits per heavy atom. The average molecular weight is 256 g/mol. The number of furan rings is 1. The van der Waals surface area contributed by atoms with E-state index in [1.165, 1.54) is 0 Å². The van der Waals surface area contributed by atoms with E-state index in [1.54, 1.807) is 36.7 Å². The maximum Gasteiger partial charge on any atom is 0.287 e. The summed E-state index contributed by atoms with van der Waals surface area (Å²) in [5.41, 5.74) is 6.95. The lowest BCUT2D eigenvalue weighted by atomic mass is 10.2. The van der Waals surface area contributed by atoms with Crippen LogP contribution in [0.2, 0.25) is 0 Å². The summed E-state index contributed by atoms with van der Waals surface area (Å²) in [4.78, 5) is 18.8. The Hall–Kier alpha value is -2.76. The van der Waals surface area contributed by atoms with Gasteiger partial charge in [-0.2, -0.15) is 0 Å². The number of aromatic amines is 1. The number of fused-ring (bicyclic) bond motifs is 1. The predicted octanol–water partition coefficient (Wildman–Crippen LogP) is 1.67. The van der Waals surface area contributed by atoms with Gasteiger partial charge in [-0.15, -0.1) is 0 Å². The maximum absolute atomic E-state index is 11.9. The van der Waals surface area contributed by atoms with Gasteiger partial charge in [0.2, 0.25) is 0 Å². The molecule has 3 rings (SSSR count). The van der Waals surface area contributed by atoms with Crippen molar-refractivity contribution in [3.63, 3.8) is 0 Å². The number of rotatable bonds is 3. The molecule has 0 bridgehead atoms. The molecule has 1 aromatic carbocycles. The summed E-state index contributed by atoms with van der Waals surface area (Å²) in [6.45, 7) is 0.324. The van der Waals surface area contributed by atoms with Crippen molar-refractivity contribution >= 4 is 22.6 Å². The third-order valence-corrected chi connectivity index (χ3v) is 2.74. The van der Waals surface area contributed by atoms with Gasteiger partial charge in [0.05, 0.1) is 6.54 Å². The second kappa shape index (κ2) is 4.49. The highest BCUT2D eigenvalue weighted by Crippen LogP contribution is 2.21. The molecule has 0 saturated heterocycles. The van der Waals surface area contributed by atoms with Gasteiger partial charge in [0.25, 0.3) is 5.91 Å². The van der Waals surface area contributed by atoms with Crippen LogP contribution < -0.4 is 11.1 Å². The predicted molar refractivity (Wildman–Crippen MR) is 70.4 cm³/mol. The van der Waals surface area contributed by atoms with E-state index in [2.05, 4.69) is 15.3 Å².